The molecule has 138 valence electrons. The normalized spacial score (nSPS) is 11.8. The lowest BCUT2D eigenvalue weighted by atomic mass is 10.0. The van der Waals surface area contributed by atoms with Crippen LogP contribution in [-0.2, 0) is 9.53 Å². The maximum absolute atomic E-state index is 12.1. The van der Waals surface area contributed by atoms with Crippen molar-refractivity contribution in [1.82, 2.24) is 10.6 Å². The van der Waals surface area contributed by atoms with Gasteiger partial charge in [0.2, 0.25) is 0 Å². The Hall–Kier alpha value is -1.30. The molecule has 0 aliphatic rings. The van der Waals surface area contributed by atoms with E-state index >= 15 is 0 Å². The van der Waals surface area contributed by atoms with E-state index in [9.17, 15) is 4.79 Å². The van der Waals surface area contributed by atoms with Crippen molar-refractivity contribution >= 4 is 18.3 Å². The second-order valence-electron chi connectivity index (χ2n) is 5.97. The van der Waals surface area contributed by atoms with Gasteiger partial charge in [0, 0.05) is 26.7 Å². The minimum Gasteiger partial charge on any atom is -0.481 e. The SMILES string of the molecule is COCCNCCNC(=O)C(C)Oc1cc(C(C)C)ccc1C.Cl. The standard InChI is InChI=1S/C18H30N2O3.ClH/c1-13(2)16-7-6-14(3)17(12-16)23-15(4)18(21)20-9-8-19-10-11-22-5;/h6-7,12-13,15,19H,8-11H2,1-5H3,(H,20,21);1H. The van der Waals surface area contributed by atoms with E-state index in [0.29, 0.717) is 25.6 Å². The van der Waals surface area contributed by atoms with Crippen LogP contribution in [0, 0.1) is 6.92 Å². The summed E-state index contributed by atoms with van der Waals surface area (Å²) in [6.45, 7) is 10.8. The molecule has 0 heterocycles. The van der Waals surface area contributed by atoms with Gasteiger partial charge < -0.3 is 20.1 Å². The lowest BCUT2D eigenvalue weighted by Crippen LogP contribution is -2.40. The highest BCUT2D eigenvalue weighted by molar-refractivity contribution is 5.85. The molecule has 0 aromatic heterocycles. The van der Waals surface area contributed by atoms with E-state index in [0.717, 1.165) is 17.9 Å². The summed E-state index contributed by atoms with van der Waals surface area (Å²) in [5.41, 5.74) is 2.25. The summed E-state index contributed by atoms with van der Waals surface area (Å²) < 4.78 is 10.8. The van der Waals surface area contributed by atoms with Gasteiger partial charge in [0.1, 0.15) is 5.75 Å². The van der Waals surface area contributed by atoms with Gasteiger partial charge in [-0.1, -0.05) is 26.0 Å². The summed E-state index contributed by atoms with van der Waals surface area (Å²) in [7, 11) is 1.67. The van der Waals surface area contributed by atoms with Gasteiger partial charge in [0.15, 0.2) is 6.10 Å². The molecular weight excluding hydrogens is 328 g/mol. The van der Waals surface area contributed by atoms with Crippen LogP contribution < -0.4 is 15.4 Å². The Morgan fingerprint density at radius 1 is 1.17 bits per heavy atom. The van der Waals surface area contributed by atoms with E-state index in [1.807, 2.05) is 19.1 Å². The van der Waals surface area contributed by atoms with Crippen LogP contribution in [0.4, 0.5) is 0 Å². The van der Waals surface area contributed by atoms with Gasteiger partial charge in [-0.2, -0.15) is 0 Å². The topological polar surface area (TPSA) is 59.6 Å². The number of benzene rings is 1. The van der Waals surface area contributed by atoms with Crippen molar-refractivity contribution in [2.24, 2.45) is 0 Å². The molecule has 0 aliphatic heterocycles. The summed E-state index contributed by atoms with van der Waals surface area (Å²) in [5.74, 6) is 1.10. The second-order valence-corrected chi connectivity index (χ2v) is 5.97. The molecule has 0 spiro atoms. The van der Waals surface area contributed by atoms with Crippen LogP contribution >= 0.6 is 12.4 Å². The Morgan fingerprint density at radius 2 is 1.88 bits per heavy atom. The van der Waals surface area contributed by atoms with Crippen molar-refractivity contribution in [3.05, 3.63) is 29.3 Å². The summed E-state index contributed by atoms with van der Waals surface area (Å²) in [5, 5.41) is 6.05. The number of carbonyl (C=O) groups excluding carboxylic acids is 1. The van der Waals surface area contributed by atoms with Gasteiger partial charge in [-0.25, -0.2) is 0 Å². The van der Waals surface area contributed by atoms with Crippen molar-refractivity contribution in [3.63, 3.8) is 0 Å². The largest absolute Gasteiger partial charge is 0.481 e. The summed E-state index contributed by atoms with van der Waals surface area (Å²) in [6, 6.07) is 6.16. The number of aryl methyl sites for hydroxylation is 1. The highest BCUT2D eigenvalue weighted by atomic mass is 35.5. The Balaban J connectivity index is 0.00000529. The molecule has 5 nitrogen and oxygen atoms in total. The first-order chi connectivity index (χ1) is 11.0. The van der Waals surface area contributed by atoms with Crippen LogP contribution in [0.15, 0.2) is 18.2 Å². The predicted octanol–water partition coefficient (Wildman–Crippen LogP) is 2.66. The Kier molecular flexibility index (Phi) is 11.5. The average molecular weight is 359 g/mol. The monoisotopic (exact) mass is 358 g/mol. The molecule has 1 amide bonds. The van der Waals surface area contributed by atoms with Crippen molar-refractivity contribution in [2.75, 3.05) is 33.4 Å². The molecule has 1 atom stereocenters. The highest BCUT2D eigenvalue weighted by Crippen LogP contribution is 2.25. The Bertz CT molecular complexity index is 495. The zero-order valence-electron chi connectivity index (χ0n) is 15.3. The van der Waals surface area contributed by atoms with Crippen LogP contribution in [0.25, 0.3) is 0 Å². The van der Waals surface area contributed by atoms with E-state index < -0.39 is 6.10 Å². The Labute approximate surface area is 151 Å². The van der Waals surface area contributed by atoms with Crippen LogP contribution in [0.5, 0.6) is 5.75 Å². The van der Waals surface area contributed by atoms with Crippen LogP contribution in [0.1, 0.15) is 37.8 Å². The molecule has 0 saturated heterocycles. The van der Waals surface area contributed by atoms with Crippen LogP contribution in [0.3, 0.4) is 0 Å². The molecule has 1 unspecified atom stereocenters. The zero-order valence-corrected chi connectivity index (χ0v) is 16.2. The van der Waals surface area contributed by atoms with Gasteiger partial charge >= 0.3 is 0 Å². The fourth-order valence-corrected chi connectivity index (χ4v) is 2.06. The van der Waals surface area contributed by atoms with Gasteiger partial charge in [-0.3, -0.25) is 4.79 Å². The first kappa shape index (κ1) is 22.7. The minimum absolute atomic E-state index is 0. The first-order valence-corrected chi connectivity index (χ1v) is 8.20. The summed E-state index contributed by atoms with van der Waals surface area (Å²) in [6.07, 6.45) is -0.518. The maximum atomic E-state index is 12.1. The molecule has 6 heteroatoms. The number of hydrogen-bond donors (Lipinski definition) is 2. The molecule has 1 rings (SSSR count). The number of nitrogens with one attached hydrogen (secondary N) is 2. The molecule has 0 bridgehead atoms. The lowest BCUT2D eigenvalue weighted by Gasteiger charge is -2.18. The molecule has 24 heavy (non-hydrogen) atoms. The van der Waals surface area contributed by atoms with Gasteiger partial charge in [-0.05, 0) is 37.0 Å². The van der Waals surface area contributed by atoms with Crippen molar-refractivity contribution in [3.8, 4) is 5.75 Å². The third-order valence-corrected chi connectivity index (χ3v) is 3.64. The van der Waals surface area contributed by atoms with Crippen molar-refractivity contribution in [1.29, 1.82) is 0 Å². The van der Waals surface area contributed by atoms with Crippen LogP contribution in [0.2, 0.25) is 0 Å². The quantitative estimate of drug-likeness (QED) is 0.631. The lowest BCUT2D eigenvalue weighted by molar-refractivity contribution is -0.127. The fraction of sp³-hybridized carbons (Fsp3) is 0.611. The van der Waals surface area contributed by atoms with Gasteiger partial charge in [0.05, 0.1) is 6.61 Å². The van der Waals surface area contributed by atoms with Crippen molar-refractivity contribution in [2.45, 2.75) is 39.7 Å². The first-order valence-electron chi connectivity index (χ1n) is 8.20. The Morgan fingerprint density at radius 3 is 2.50 bits per heavy atom. The van der Waals surface area contributed by atoms with E-state index in [-0.39, 0.29) is 18.3 Å². The molecule has 1 aromatic rings. The predicted molar refractivity (Wildman–Crippen MR) is 100 cm³/mol. The number of carbonyl (C=O) groups is 1. The van der Waals surface area contributed by atoms with Crippen molar-refractivity contribution < 1.29 is 14.3 Å². The molecule has 1 aromatic carbocycles. The number of hydrogen-bond acceptors (Lipinski definition) is 4. The molecular formula is C18H31ClN2O3. The third kappa shape index (κ3) is 7.99. The summed E-state index contributed by atoms with van der Waals surface area (Å²) >= 11 is 0. The fourth-order valence-electron chi connectivity index (χ4n) is 2.06. The number of methoxy groups -OCH3 is 1. The minimum atomic E-state index is -0.518. The van der Waals surface area contributed by atoms with E-state index in [1.165, 1.54) is 5.56 Å². The molecule has 0 aliphatic carbocycles. The van der Waals surface area contributed by atoms with Gasteiger partial charge in [-0.15, -0.1) is 12.4 Å². The molecule has 0 saturated carbocycles. The summed E-state index contributed by atoms with van der Waals surface area (Å²) in [4.78, 5) is 12.1. The van der Waals surface area contributed by atoms with E-state index in [1.54, 1.807) is 14.0 Å². The molecule has 0 radical (unpaired) electrons. The highest BCUT2D eigenvalue weighted by Gasteiger charge is 2.15. The van der Waals surface area contributed by atoms with E-state index in [4.69, 9.17) is 9.47 Å². The maximum Gasteiger partial charge on any atom is 0.260 e. The van der Waals surface area contributed by atoms with Crippen LogP contribution in [-0.4, -0.2) is 45.4 Å². The number of ether oxygens (including phenoxy) is 2. The second kappa shape index (κ2) is 12.1. The van der Waals surface area contributed by atoms with Gasteiger partial charge in [0.25, 0.3) is 5.91 Å². The average Bonchev–Trinajstić information content (AvgIpc) is 2.52. The van der Waals surface area contributed by atoms with E-state index in [2.05, 4.69) is 30.5 Å². The smallest absolute Gasteiger partial charge is 0.260 e. The third-order valence-electron chi connectivity index (χ3n) is 3.64. The number of halogens is 1. The zero-order chi connectivity index (χ0) is 17.2. The number of amides is 1. The number of rotatable bonds is 10. The molecule has 2 N–H and O–H groups in total. The molecule has 0 fully saturated rings.